The van der Waals surface area contributed by atoms with E-state index in [4.69, 9.17) is 5.11 Å². The molecule has 1 amide bonds. The molecule has 2 aromatic rings. The van der Waals surface area contributed by atoms with Crippen LogP contribution in [0.5, 0.6) is 0 Å². The molecule has 0 saturated heterocycles. The van der Waals surface area contributed by atoms with Crippen LogP contribution in [0.3, 0.4) is 0 Å². The van der Waals surface area contributed by atoms with Crippen LogP contribution in [0.2, 0.25) is 0 Å². The summed E-state index contributed by atoms with van der Waals surface area (Å²) >= 11 is 1.48. The number of carboxylic acid groups (broad SMARTS) is 1. The number of aliphatic carboxylic acids is 1. The van der Waals surface area contributed by atoms with Crippen LogP contribution in [-0.4, -0.2) is 33.8 Å². The van der Waals surface area contributed by atoms with Crippen LogP contribution in [0.1, 0.15) is 12.5 Å². The number of carbonyl (C=O) groups is 2. The molecule has 1 heterocycles. The second-order valence-corrected chi connectivity index (χ2v) is 6.05. The van der Waals surface area contributed by atoms with E-state index in [0.717, 1.165) is 16.8 Å². The van der Waals surface area contributed by atoms with Crippen LogP contribution >= 0.6 is 11.8 Å². The molecule has 0 saturated carbocycles. The third-order valence-corrected chi connectivity index (χ3v) is 4.25. The van der Waals surface area contributed by atoms with E-state index >= 15 is 0 Å². The molecule has 2 rings (SSSR count). The van der Waals surface area contributed by atoms with Crippen molar-refractivity contribution in [3.63, 3.8) is 0 Å². The Kier molecular flexibility index (Phi) is 6.17. The van der Waals surface area contributed by atoms with E-state index in [-0.39, 0.29) is 5.91 Å². The van der Waals surface area contributed by atoms with Gasteiger partial charge < -0.3 is 10.4 Å². The maximum Gasteiger partial charge on any atom is 0.327 e. The summed E-state index contributed by atoms with van der Waals surface area (Å²) in [6, 6.07) is 12.9. The van der Waals surface area contributed by atoms with Crippen LogP contribution in [0.25, 0.3) is 11.3 Å². The Bertz CT molecular complexity index is 659. The smallest absolute Gasteiger partial charge is 0.327 e. The molecule has 0 aliphatic heterocycles. The van der Waals surface area contributed by atoms with Crippen molar-refractivity contribution in [2.24, 2.45) is 0 Å². The van der Waals surface area contributed by atoms with Crippen LogP contribution in [0, 0.1) is 0 Å². The second kappa shape index (κ2) is 8.33. The SMILES string of the molecule is CC(=O)NC(CSCc1ccc(-c2ccccn2)cc1)C(=O)O. The van der Waals surface area contributed by atoms with Gasteiger partial charge in [0.1, 0.15) is 6.04 Å². The van der Waals surface area contributed by atoms with Crippen LogP contribution in [0.4, 0.5) is 0 Å². The summed E-state index contributed by atoms with van der Waals surface area (Å²) in [4.78, 5) is 26.3. The Balaban J connectivity index is 1.89. The summed E-state index contributed by atoms with van der Waals surface area (Å²) in [7, 11) is 0. The van der Waals surface area contributed by atoms with Crippen molar-refractivity contribution < 1.29 is 14.7 Å². The van der Waals surface area contributed by atoms with Gasteiger partial charge in [-0.2, -0.15) is 11.8 Å². The summed E-state index contributed by atoms with van der Waals surface area (Å²) in [6.07, 6.45) is 1.76. The highest BCUT2D eigenvalue weighted by Crippen LogP contribution is 2.19. The Morgan fingerprint density at radius 1 is 1.22 bits per heavy atom. The first-order valence-electron chi connectivity index (χ1n) is 7.14. The van der Waals surface area contributed by atoms with E-state index in [2.05, 4.69) is 10.3 Å². The third kappa shape index (κ3) is 5.41. The molecule has 0 fully saturated rings. The third-order valence-electron chi connectivity index (χ3n) is 3.14. The van der Waals surface area contributed by atoms with Crippen molar-refractivity contribution in [2.45, 2.75) is 18.7 Å². The zero-order valence-corrected chi connectivity index (χ0v) is 13.5. The highest BCUT2D eigenvalue weighted by atomic mass is 32.2. The lowest BCUT2D eigenvalue weighted by Crippen LogP contribution is -2.41. The minimum absolute atomic E-state index is 0.330. The molecule has 120 valence electrons. The molecule has 0 aliphatic rings. The van der Waals surface area contributed by atoms with Gasteiger partial charge in [0.2, 0.25) is 5.91 Å². The van der Waals surface area contributed by atoms with Gasteiger partial charge in [-0.1, -0.05) is 30.3 Å². The zero-order chi connectivity index (χ0) is 16.7. The molecule has 2 N–H and O–H groups in total. The molecule has 5 nitrogen and oxygen atoms in total. The van der Waals surface area contributed by atoms with Crippen LogP contribution < -0.4 is 5.32 Å². The summed E-state index contributed by atoms with van der Waals surface area (Å²) in [5.74, 6) is -0.334. The van der Waals surface area contributed by atoms with Crippen molar-refractivity contribution in [1.29, 1.82) is 0 Å². The van der Waals surface area contributed by atoms with Gasteiger partial charge in [-0.05, 0) is 17.7 Å². The highest BCUT2D eigenvalue weighted by Gasteiger charge is 2.17. The topological polar surface area (TPSA) is 79.3 Å². The number of amides is 1. The summed E-state index contributed by atoms with van der Waals surface area (Å²) in [5, 5.41) is 11.5. The predicted octanol–water partition coefficient (Wildman–Crippen LogP) is 2.57. The summed E-state index contributed by atoms with van der Waals surface area (Å²) < 4.78 is 0. The van der Waals surface area contributed by atoms with Crippen molar-refractivity contribution in [2.75, 3.05) is 5.75 Å². The molecule has 0 bridgehead atoms. The Labute approximate surface area is 139 Å². The van der Waals surface area contributed by atoms with Gasteiger partial charge in [0.05, 0.1) is 5.69 Å². The number of thioether (sulfide) groups is 1. The van der Waals surface area contributed by atoms with Crippen molar-refractivity contribution in [3.8, 4) is 11.3 Å². The molecule has 1 aromatic heterocycles. The fraction of sp³-hybridized carbons (Fsp3) is 0.235. The van der Waals surface area contributed by atoms with Gasteiger partial charge in [0, 0.05) is 30.2 Å². The van der Waals surface area contributed by atoms with Crippen molar-refractivity contribution >= 4 is 23.6 Å². The Hall–Kier alpha value is -2.34. The fourth-order valence-corrected chi connectivity index (χ4v) is 3.03. The number of hydrogen-bond acceptors (Lipinski definition) is 4. The van der Waals surface area contributed by atoms with Crippen LogP contribution in [0.15, 0.2) is 48.7 Å². The number of aromatic nitrogens is 1. The average molecular weight is 330 g/mol. The predicted molar refractivity (Wildman–Crippen MR) is 91.1 cm³/mol. The summed E-state index contributed by atoms with van der Waals surface area (Å²) in [5.41, 5.74) is 3.06. The number of pyridine rings is 1. The number of carboxylic acids is 1. The summed E-state index contributed by atoms with van der Waals surface area (Å²) in [6.45, 7) is 1.32. The van der Waals surface area contributed by atoms with Gasteiger partial charge in [-0.3, -0.25) is 9.78 Å². The van der Waals surface area contributed by atoms with Crippen molar-refractivity contribution in [3.05, 3.63) is 54.2 Å². The van der Waals surface area contributed by atoms with E-state index in [1.165, 1.54) is 18.7 Å². The number of nitrogens with zero attached hydrogens (tertiary/aromatic N) is 1. The molecule has 23 heavy (non-hydrogen) atoms. The minimum atomic E-state index is -1.02. The van der Waals surface area contributed by atoms with E-state index in [1.807, 2.05) is 42.5 Å². The molecule has 1 aromatic carbocycles. The number of rotatable bonds is 7. The van der Waals surface area contributed by atoms with Gasteiger partial charge in [-0.15, -0.1) is 0 Å². The van der Waals surface area contributed by atoms with E-state index in [1.54, 1.807) is 6.20 Å². The maximum absolute atomic E-state index is 11.0. The average Bonchev–Trinajstić information content (AvgIpc) is 2.55. The van der Waals surface area contributed by atoms with E-state index < -0.39 is 12.0 Å². The lowest BCUT2D eigenvalue weighted by Gasteiger charge is -2.12. The van der Waals surface area contributed by atoms with Gasteiger partial charge in [0.15, 0.2) is 0 Å². The van der Waals surface area contributed by atoms with E-state index in [9.17, 15) is 9.59 Å². The number of nitrogens with one attached hydrogen (secondary N) is 1. The van der Waals surface area contributed by atoms with Crippen molar-refractivity contribution in [1.82, 2.24) is 10.3 Å². The number of hydrogen-bond donors (Lipinski definition) is 2. The second-order valence-electron chi connectivity index (χ2n) is 5.02. The molecule has 1 unspecified atom stereocenters. The molecule has 6 heteroatoms. The first-order valence-corrected chi connectivity index (χ1v) is 8.29. The quantitative estimate of drug-likeness (QED) is 0.816. The van der Waals surface area contributed by atoms with Gasteiger partial charge in [-0.25, -0.2) is 4.79 Å². The number of benzene rings is 1. The monoisotopic (exact) mass is 330 g/mol. The largest absolute Gasteiger partial charge is 0.480 e. The molecule has 0 aliphatic carbocycles. The molecular formula is C17H18N2O3S. The maximum atomic E-state index is 11.0. The standard InChI is InChI=1S/C17H18N2O3S/c1-12(20)19-16(17(21)22)11-23-10-13-5-7-14(8-6-13)15-4-2-3-9-18-15/h2-9,16H,10-11H2,1H3,(H,19,20)(H,21,22). The zero-order valence-electron chi connectivity index (χ0n) is 12.7. The fourth-order valence-electron chi connectivity index (χ4n) is 2.02. The Morgan fingerprint density at radius 2 is 1.96 bits per heavy atom. The van der Waals surface area contributed by atoms with Crippen LogP contribution in [-0.2, 0) is 15.3 Å². The molecular weight excluding hydrogens is 312 g/mol. The lowest BCUT2D eigenvalue weighted by molar-refractivity contribution is -0.140. The minimum Gasteiger partial charge on any atom is -0.480 e. The molecule has 1 atom stereocenters. The lowest BCUT2D eigenvalue weighted by atomic mass is 10.1. The molecule has 0 radical (unpaired) electrons. The van der Waals surface area contributed by atoms with Gasteiger partial charge in [0.25, 0.3) is 0 Å². The van der Waals surface area contributed by atoms with E-state index in [0.29, 0.717) is 11.5 Å². The first kappa shape index (κ1) is 17.0. The highest BCUT2D eigenvalue weighted by molar-refractivity contribution is 7.98. The number of carbonyl (C=O) groups excluding carboxylic acids is 1. The van der Waals surface area contributed by atoms with Gasteiger partial charge >= 0.3 is 5.97 Å². The Morgan fingerprint density at radius 3 is 2.52 bits per heavy atom. The normalized spacial score (nSPS) is 11.7. The molecule has 0 spiro atoms. The first-order chi connectivity index (χ1) is 11.1.